The lowest BCUT2D eigenvalue weighted by atomic mass is 9.97. The first kappa shape index (κ1) is 12.8. The summed E-state index contributed by atoms with van der Waals surface area (Å²) in [4.78, 5) is 4.58. The molecular formula is C15H20N2O. The van der Waals surface area contributed by atoms with Gasteiger partial charge >= 0.3 is 0 Å². The average molecular weight is 244 g/mol. The molecule has 3 heteroatoms. The molecule has 96 valence electrons. The van der Waals surface area contributed by atoms with Crippen LogP contribution >= 0.6 is 0 Å². The van der Waals surface area contributed by atoms with E-state index in [1.54, 1.807) is 7.11 Å². The Labute approximate surface area is 108 Å². The minimum atomic E-state index is 0.473. The summed E-state index contributed by atoms with van der Waals surface area (Å²) in [5, 5.41) is 1.17. The number of fused-ring (bicyclic) bond motifs is 1. The molecular weight excluding hydrogens is 224 g/mol. The van der Waals surface area contributed by atoms with E-state index in [0.29, 0.717) is 12.5 Å². The maximum absolute atomic E-state index is 5.72. The topological polar surface area (TPSA) is 48.1 Å². The standard InChI is InChI=1S/C15H20N2O/c1-10(9-16)7-12-8-11(2)17-15-13(12)5-4-6-14(15)18-3/h4-6,8,10H,7,9,16H2,1-3H3. The molecule has 0 saturated carbocycles. The average Bonchev–Trinajstić information content (AvgIpc) is 2.37. The Balaban J connectivity index is 2.59. The molecule has 0 spiro atoms. The Morgan fingerprint density at radius 1 is 1.39 bits per heavy atom. The number of nitrogens with two attached hydrogens (primary N) is 1. The van der Waals surface area contributed by atoms with Crippen molar-refractivity contribution in [3.8, 4) is 5.75 Å². The van der Waals surface area contributed by atoms with Crippen LogP contribution in [-0.4, -0.2) is 18.6 Å². The van der Waals surface area contributed by atoms with E-state index in [1.165, 1.54) is 10.9 Å². The third-order valence-corrected chi connectivity index (χ3v) is 3.21. The lowest BCUT2D eigenvalue weighted by Gasteiger charge is -2.13. The molecule has 0 aliphatic rings. The van der Waals surface area contributed by atoms with Gasteiger partial charge in [-0.15, -0.1) is 0 Å². The van der Waals surface area contributed by atoms with Crippen molar-refractivity contribution in [3.63, 3.8) is 0 Å². The smallest absolute Gasteiger partial charge is 0.145 e. The van der Waals surface area contributed by atoms with Crippen LogP contribution in [0.25, 0.3) is 10.9 Å². The van der Waals surface area contributed by atoms with Crippen LogP contribution in [0.4, 0.5) is 0 Å². The van der Waals surface area contributed by atoms with Gasteiger partial charge in [-0.05, 0) is 43.5 Å². The molecule has 2 aromatic rings. The fourth-order valence-corrected chi connectivity index (χ4v) is 2.23. The Morgan fingerprint density at radius 2 is 2.17 bits per heavy atom. The van der Waals surface area contributed by atoms with E-state index < -0.39 is 0 Å². The zero-order valence-electron chi connectivity index (χ0n) is 11.2. The van der Waals surface area contributed by atoms with E-state index >= 15 is 0 Å². The van der Waals surface area contributed by atoms with Gasteiger partial charge in [-0.25, -0.2) is 4.98 Å². The van der Waals surface area contributed by atoms with Crippen LogP contribution < -0.4 is 10.5 Å². The monoisotopic (exact) mass is 244 g/mol. The van der Waals surface area contributed by atoms with Crippen LogP contribution in [0.15, 0.2) is 24.3 Å². The molecule has 0 amide bonds. The van der Waals surface area contributed by atoms with Gasteiger partial charge in [0.2, 0.25) is 0 Å². The second-order valence-corrected chi connectivity index (χ2v) is 4.82. The van der Waals surface area contributed by atoms with E-state index in [1.807, 2.05) is 19.1 Å². The number of hydrogen-bond acceptors (Lipinski definition) is 3. The molecule has 0 fully saturated rings. The molecule has 1 aromatic carbocycles. The number of benzene rings is 1. The highest BCUT2D eigenvalue weighted by atomic mass is 16.5. The lowest BCUT2D eigenvalue weighted by Crippen LogP contribution is -2.13. The summed E-state index contributed by atoms with van der Waals surface area (Å²) in [5.74, 6) is 1.30. The Bertz CT molecular complexity index is 551. The number of rotatable bonds is 4. The zero-order valence-corrected chi connectivity index (χ0v) is 11.2. The van der Waals surface area contributed by atoms with Crippen molar-refractivity contribution in [2.24, 2.45) is 11.7 Å². The third-order valence-electron chi connectivity index (χ3n) is 3.21. The summed E-state index contributed by atoms with van der Waals surface area (Å²) >= 11 is 0. The summed E-state index contributed by atoms with van der Waals surface area (Å²) in [7, 11) is 1.68. The molecule has 0 aliphatic carbocycles. The van der Waals surface area contributed by atoms with Crippen molar-refractivity contribution in [2.75, 3.05) is 13.7 Å². The van der Waals surface area contributed by atoms with Crippen molar-refractivity contribution in [1.29, 1.82) is 0 Å². The third kappa shape index (κ3) is 2.46. The van der Waals surface area contributed by atoms with Crippen molar-refractivity contribution in [1.82, 2.24) is 4.98 Å². The first-order valence-electron chi connectivity index (χ1n) is 6.29. The molecule has 2 rings (SSSR count). The van der Waals surface area contributed by atoms with E-state index in [9.17, 15) is 0 Å². The largest absolute Gasteiger partial charge is 0.494 e. The Kier molecular flexibility index (Phi) is 3.82. The molecule has 0 saturated heterocycles. The van der Waals surface area contributed by atoms with Crippen molar-refractivity contribution < 1.29 is 4.74 Å². The summed E-state index contributed by atoms with van der Waals surface area (Å²) < 4.78 is 5.38. The van der Waals surface area contributed by atoms with Gasteiger partial charge in [0.1, 0.15) is 11.3 Å². The van der Waals surface area contributed by atoms with Crippen LogP contribution in [0.3, 0.4) is 0 Å². The number of aryl methyl sites for hydroxylation is 1. The molecule has 2 N–H and O–H groups in total. The zero-order chi connectivity index (χ0) is 13.1. The van der Waals surface area contributed by atoms with Crippen molar-refractivity contribution in [3.05, 3.63) is 35.5 Å². The molecule has 0 aliphatic heterocycles. The lowest BCUT2D eigenvalue weighted by molar-refractivity contribution is 0.419. The van der Waals surface area contributed by atoms with Gasteiger partial charge in [0.25, 0.3) is 0 Å². The normalized spacial score (nSPS) is 12.7. The van der Waals surface area contributed by atoms with E-state index in [4.69, 9.17) is 10.5 Å². The van der Waals surface area contributed by atoms with Gasteiger partial charge in [-0.1, -0.05) is 19.1 Å². The fraction of sp³-hybridized carbons (Fsp3) is 0.400. The van der Waals surface area contributed by atoms with E-state index in [0.717, 1.165) is 23.4 Å². The molecule has 1 heterocycles. The van der Waals surface area contributed by atoms with Crippen LogP contribution in [0.1, 0.15) is 18.2 Å². The minimum absolute atomic E-state index is 0.473. The maximum Gasteiger partial charge on any atom is 0.145 e. The van der Waals surface area contributed by atoms with Gasteiger partial charge in [-0.3, -0.25) is 0 Å². The molecule has 1 atom stereocenters. The minimum Gasteiger partial charge on any atom is -0.494 e. The summed E-state index contributed by atoms with van der Waals surface area (Å²) in [5.41, 5.74) is 8.98. The van der Waals surface area contributed by atoms with Crippen molar-refractivity contribution >= 4 is 10.9 Å². The highest BCUT2D eigenvalue weighted by Crippen LogP contribution is 2.28. The number of pyridine rings is 1. The maximum atomic E-state index is 5.72. The molecule has 0 radical (unpaired) electrons. The summed E-state index contributed by atoms with van der Waals surface area (Å²) in [6, 6.07) is 8.20. The highest BCUT2D eigenvalue weighted by Gasteiger charge is 2.10. The molecule has 0 bridgehead atoms. The summed E-state index contributed by atoms with van der Waals surface area (Å²) in [6.07, 6.45) is 0.976. The number of methoxy groups -OCH3 is 1. The van der Waals surface area contributed by atoms with E-state index in [2.05, 4.69) is 24.0 Å². The number of aromatic nitrogens is 1. The van der Waals surface area contributed by atoms with Crippen LogP contribution in [0, 0.1) is 12.8 Å². The second kappa shape index (κ2) is 5.36. The quantitative estimate of drug-likeness (QED) is 0.899. The predicted octanol–water partition coefficient (Wildman–Crippen LogP) is 2.69. The van der Waals surface area contributed by atoms with Crippen LogP contribution in [-0.2, 0) is 6.42 Å². The van der Waals surface area contributed by atoms with Gasteiger partial charge in [-0.2, -0.15) is 0 Å². The number of hydrogen-bond donors (Lipinski definition) is 1. The molecule has 1 unspecified atom stereocenters. The number of ether oxygens (including phenoxy) is 1. The van der Waals surface area contributed by atoms with E-state index in [-0.39, 0.29) is 0 Å². The summed E-state index contributed by atoms with van der Waals surface area (Å²) in [6.45, 7) is 4.89. The van der Waals surface area contributed by atoms with Gasteiger partial charge in [0.05, 0.1) is 7.11 Å². The SMILES string of the molecule is COc1cccc2c(CC(C)CN)cc(C)nc12. The first-order valence-corrected chi connectivity index (χ1v) is 6.29. The first-order chi connectivity index (χ1) is 8.65. The highest BCUT2D eigenvalue weighted by molar-refractivity contribution is 5.87. The van der Waals surface area contributed by atoms with Crippen LogP contribution in [0.2, 0.25) is 0 Å². The molecule has 18 heavy (non-hydrogen) atoms. The van der Waals surface area contributed by atoms with Gasteiger partial charge in [0, 0.05) is 11.1 Å². The van der Waals surface area contributed by atoms with Crippen LogP contribution in [0.5, 0.6) is 5.75 Å². The van der Waals surface area contributed by atoms with Gasteiger partial charge in [0.15, 0.2) is 0 Å². The fourth-order valence-electron chi connectivity index (χ4n) is 2.23. The molecule has 1 aromatic heterocycles. The number of para-hydroxylation sites is 1. The van der Waals surface area contributed by atoms with Crippen molar-refractivity contribution in [2.45, 2.75) is 20.3 Å². The second-order valence-electron chi connectivity index (χ2n) is 4.82. The molecule has 3 nitrogen and oxygen atoms in total. The number of nitrogens with zero attached hydrogens (tertiary/aromatic N) is 1. The van der Waals surface area contributed by atoms with Gasteiger partial charge < -0.3 is 10.5 Å². The predicted molar refractivity (Wildman–Crippen MR) is 75.0 cm³/mol. The Hall–Kier alpha value is -1.61. The Morgan fingerprint density at radius 3 is 2.83 bits per heavy atom.